The Bertz CT molecular complexity index is 1410. The molecule has 0 saturated carbocycles. The van der Waals surface area contributed by atoms with E-state index in [2.05, 4.69) is 27.9 Å². The number of carbonyl (C=O) groups is 3. The van der Waals surface area contributed by atoms with E-state index in [-0.39, 0.29) is 5.57 Å². The Morgan fingerprint density at radius 1 is 1.00 bits per heavy atom. The van der Waals surface area contributed by atoms with Gasteiger partial charge in [0.2, 0.25) is 0 Å². The average Bonchev–Trinajstić information content (AvgIpc) is 2.84. The van der Waals surface area contributed by atoms with Gasteiger partial charge in [0.05, 0.1) is 16.4 Å². The number of hydrogen-bond donors (Lipinski definition) is 1. The second-order valence-corrected chi connectivity index (χ2v) is 9.87. The van der Waals surface area contributed by atoms with Crippen molar-refractivity contribution in [3.63, 3.8) is 0 Å². The van der Waals surface area contributed by atoms with Crippen molar-refractivity contribution in [1.29, 1.82) is 0 Å². The fourth-order valence-electron chi connectivity index (χ4n) is 3.57. The number of ether oxygens (including phenoxy) is 2. The first-order valence-corrected chi connectivity index (χ1v) is 12.4. The zero-order chi connectivity index (χ0) is 26.0. The number of amides is 4. The zero-order valence-electron chi connectivity index (χ0n) is 19.1. The van der Waals surface area contributed by atoms with Crippen LogP contribution in [-0.2, 0) is 16.2 Å². The lowest BCUT2D eigenvalue weighted by atomic mass is 10.1. The van der Waals surface area contributed by atoms with Gasteiger partial charge in [0.25, 0.3) is 11.8 Å². The summed E-state index contributed by atoms with van der Waals surface area (Å²) in [5.41, 5.74) is 2.18. The third-order valence-corrected chi connectivity index (χ3v) is 6.66. The SMILES string of the molecule is COc1cc(/C=C2\C(=O)NC(=O)N(c3cc(Cl)ccc3C)C2=O)cc(I)c1OCc1ccc(Cl)cc1. The van der Waals surface area contributed by atoms with Crippen molar-refractivity contribution in [3.05, 3.63) is 90.5 Å². The van der Waals surface area contributed by atoms with Crippen LogP contribution in [0, 0.1) is 10.5 Å². The smallest absolute Gasteiger partial charge is 0.335 e. The van der Waals surface area contributed by atoms with E-state index in [1.807, 2.05) is 12.1 Å². The topological polar surface area (TPSA) is 84.9 Å². The first kappa shape index (κ1) is 26.0. The maximum absolute atomic E-state index is 13.3. The lowest BCUT2D eigenvalue weighted by molar-refractivity contribution is -0.122. The molecule has 36 heavy (non-hydrogen) atoms. The number of hydrogen-bond acceptors (Lipinski definition) is 5. The number of imide groups is 2. The molecule has 0 atom stereocenters. The number of nitrogens with zero attached hydrogens (tertiary/aromatic N) is 1. The molecule has 1 saturated heterocycles. The van der Waals surface area contributed by atoms with Crippen LogP contribution >= 0.6 is 45.8 Å². The zero-order valence-corrected chi connectivity index (χ0v) is 22.8. The van der Waals surface area contributed by atoms with Crippen molar-refractivity contribution in [2.24, 2.45) is 0 Å². The first-order valence-electron chi connectivity index (χ1n) is 10.6. The fourth-order valence-corrected chi connectivity index (χ4v) is 4.64. The Morgan fingerprint density at radius 3 is 2.39 bits per heavy atom. The molecule has 7 nitrogen and oxygen atoms in total. The maximum Gasteiger partial charge on any atom is 0.335 e. The minimum atomic E-state index is -0.842. The summed E-state index contributed by atoms with van der Waals surface area (Å²) < 4.78 is 12.2. The number of methoxy groups -OCH3 is 1. The first-order chi connectivity index (χ1) is 17.2. The van der Waals surface area contributed by atoms with E-state index in [1.54, 1.807) is 43.3 Å². The molecule has 0 aliphatic carbocycles. The molecule has 1 fully saturated rings. The van der Waals surface area contributed by atoms with Crippen LogP contribution in [0.1, 0.15) is 16.7 Å². The van der Waals surface area contributed by atoms with Gasteiger partial charge in [-0.3, -0.25) is 14.9 Å². The van der Waals surface area contributed by atoms with E-state index in [4.69, 9.17) is 32.7 Å². The summed E-state index contributed by atoms with van der Waals surface area (Å²) in [5.74, 6) is -0.616. The van der Waals surface area contributed by atoms with Crippen LogP contribution in [0.15, 0.2) is 60.2 Å². The molecule has 3 aromatic rings. The van der Waals surface area contributed by atoms with Gasteiger partial charge in [-0.1, -0.05) is 41.4 Å². The van der Waals surface area contributed by atoms with Gasteiger partial charge < -0.3 is 9.47 Å². The van der Waals surface area contributed by atoms with Gasteiger partial charge in [0.15, 0.2) is 11.5 Å². The highest BCUT2D eigenvalue weighted by Gasteiger charge is 2.37. The van der Waals surface area contributed by atoms with E-state index >= 15 is 0 Å². The predicted octanol–water partition coefficient (Wildman–Crippen LogP) is 6.16. The van der Waals surface area contributed by atoms with Crippen LogP contribution in [0.2, 0.25) is 10.0 Å². The summed E-state index contributed by atoms with van der Waals surface area (Å²) >= 11 is 14.1. The number of halogens is 3. The summed E-state index contributed by atoms with van der Waals surface area (Å²) in [6.07, 6.45) is 1.41. The summed E-state index contributed by atoms with van der Waals surface area (Å²) in [4.78, 5) is 39.3. The minimum absolute atomic E-state index is 0.207. The second kappa shape index (κ2) is 10.9. The predicted molar refractivity (Wildman–Crippen MR) is 147 cm³/mol. The maximum atomic E-state index is 13.3. The molecule has 0 aromatic heterocycles. The quantitative estimate of drug-likeness (QED) is 0.199. The van der Waals surface area contributed by atoms with Crippen LogP contribution in [0.3, 0.4) is 0 Å². The van der Waals surface area contributed by atoms with Gasteiger partial charge in [-0.2, -0.15) is 0 Å². The normalized spacial score (nSPS) is 14.8. The molecule has 1 N–H and O–H groups in total. The Hall–Kier alpha value is -3.08. The molecule has 0 unspecified atom stereocenters. The largest absolute Gasteiger partial charge is 0.493 e. The third kappa shape index (κ3) is 5.50. The van der Waals surface area contributed by atoms with Crippen molar-refractivity contribution in [3.8, 4) is 11.5 Å². The third-order valence-electron chi connectivity index (χ3n) is 5.37. The number of carbonyl (C=O) groups excluding carboxylic acids is 3. The van der Waals surface area contributed by atoms with Crippen molar-refractivity contribution < 1.29 is 23.9 Å². The highest BCUT2D eigenvalue weighted by molar-refractivity contribution is 14.1. The number of benzene rings is 3. The van der Waals surface area contributed by atoms with Crippen molar-refractivity contribution in [2.75, 3.05) is 12.0 Å². The molecule has 1 heterocycles. The summed E-state index contributed by atoms with van der Waals surface area (Å²) in [6, 6.07) is 14.7. The molecule has 3 aromatic carbocycles. The lowest BCUT2D eigenvalue weighted by Gasteiger charge is -2.27. The second-order valence-electron chi connectivity index (χ2n) is 7.84. The molecule has 4 amide bonds. The van der Waals surface area contributed by atoms with E-state index < -0.39 is 17.8 Å². The summed E-state index contributed by atoms with van der Waals surface area (Å²) in [5, 5.41) is 3.21. The molecule has 0 spiro atoms. The number of urea groups is 1. The number of rotatable bonds is 6. The van der Waals surface area contributed by atoms with E-state index in [1.165, 1.54) is 19.3 Å². The van der Waals surface area contributed by atoms with Crippen LogP contribution in [0.4, 0.5) is 10.5 Å². The molecule has 1 aliphatic heterocycles. The monoisotopic (exact) mass is 636 g/mol. The minimum Gasteiger partial charge on any atom is -0.493 e. The Kier molecular flexibility index (Phi) is 7.87. The summed E-state index contributed by atoms with van der Waals surface area (Å²) in [7, 11) is 1.50. The standard InChI is InChI=1S/C26H19Cl2IN2O5/c1-14-3-6-18(28)12-21(14)31-25(33)19(24(32)30-26(31)34)9-16-10-20(29)23(22(11-16)35-2)36-13-15-4-7-17(27)8-5-15/h3-12H,13H2,1-2H3,(H,30,32,34)/b19-9+. The highest BCUT2D eigenvalue weighted by Crippen LogP contribution is 2.36. The highest BCUT2D eigenvalue weighted by atomic mass is 127. The molecule has 184 valence electrons. The van der Waals surface area contributed by atoms with E-state index in [0.717, 1.165) is 10.5 Å². The number of aryl methyl sites for hydroxylation is 1. The van der Waals surface area contributed by atoms with Gasteiger partial charge in [-0.15, -0.1) is 0 Å². The van der Waals surface area contributed by atoms with Gasteiger partial charge >= 0.3 is 6.03 Å². The average molecular weight is 637 g/mol. The van der Waals surface area contributed by atoms with Crippen molar-refractivity contribution in [1.82, 2.24) is 5.32 Å². The molecule has 4 rings (SSSR count). The van der Waals surface area contributed by atoms with E-state index in [0.29, 0.717) is 48.5 Å². The number of barbiturate groups is 1. The van der Waals surface area contributed by atoms with Crippen molar-refractivity contribution >= 4 is 75.4 Å². The Morgan fingerprint density at radius 2 is 1.69 bits per heavy atom. The van der Waals surface area contributed by atoms with Gasteiger partial charge in [-0.05, 0) is 88.7 Å². The van der Waals surface area contributed by atoms with Crippen LogP contribution in [-0.4, -0.2) is 25.0 Å². The molecule has 1 aliphatic rings. The number of nitrogens with one attached hydrogen (secondary N) is 1. The molecular weight excluding hydrogens is 618 g/mol. The Balaban J connectivity index is 1.66. The Labute approximate surface area is 231 Å². The number of anilines is 1. The van der Waals surface area contributed by atoms with Crippen molar-refractivity contribution in [2.45, 2.75) is 13.5 Å². The molecule has 10 heteroatoms. The van der Waals surface area contributed by atoms with Crippen LogP contribution in [0.25, 0.3) is 6.08 Å². The lowest BCUT2D eigenvalue weighted by Crippen LogP contribution is -2.54. The van der Waals surface area contributed by atoms with Gasteiger partial charge in [-0.25, -0.2) is 9.69 Å². The van der Waals surface area contributed by atoms with Crippen LogP contribution < -0.4 is 19.7 Å². The van der Waals surface area contributed by atoms with Gasteiger partial charge in [0.1, 0.15) is 12.2 Å². The summed E-state index contributed by atoms with van der Waals surface area (Å²) in [6.45, 7) is 2.03. The van der Waals surface area contributed by atoms with Crippen LogP contribution in [0.5, 0.6) is 11.5 Å². The fraction of sp³-hybridized carbons (Fsp3) is 0.115. The van der Waals surface area contributed by atoms with E-state index in [9.17, 15) is 14.4 Å². The molecule has 0 bridgehead atoms. The molecule has 0 radical (unpaired) electrons. The van der Waals surface area contributed by atoms with Gasteiger partial charge in [0, 0.05) is 10.0 Å². The molecular formula is C26H19Cl2IN2O5.